The van der Waals surface area contributed by atoms with Gasteiger partial charge >= 0.3 is 0 Å². The highest BCUT2D eigenvalue weighted by molar-refractivity contribution is 5.44. The molecule has 1 aromatic carbocycles. The fourth-order valence-corrected chi connectivity index (χ4v) is 1.39. The van der Waals surface area contributed by atoms with Gasteiger partial charge in [-0.25, -0.2) is 0 Å². The molecule has 0 fully saturated rings. The number of rotatable bonds is 6. The van der Waals surface area contributed by atoms with E-state index < -0.39 is 0 Å². The minimum absolute atomic E-state index is 0.612. The molecule has 1 rings (SSSR count). The smallest absolute Gasteiger partial charge is 0.0340 e. The Hall–Kier alpha value is -1.06. The van der Waals surface area contributed by atoms with Gasteiger partial charge in [0.1, 0.15) is 0 Å². The summed E-state index contributed by atoms with van der Waals surface area (Å²) in [6, 6.07) is 8.29. The first-order valence-electron chi connectivity index (χ1n) is 5.40. The van der Waals surface area contributed by atoms with Gasteiger partial charge in [0.15, 0.2) is 0 Å². The van der Waals surface area contributed by atoms with Crippen LogP contribution >= 0.6 is 0 Å². The number of nitrogens with one attached hydrogen (secondary N) is 1. The molecule has 0 unspecified atom stereocenters. The van der Waals surface area contributed by atoms with Crippen LogP contribution in [0.5, 0.6) is 0 Å². The number of hydrogen-bond acceptors (Lipinski definition) is 3. The Kier molecular flexibility index (Phi) is 5.15. The van der Waals surface area contributed by atoms with Crippen LogP contribution < -0.4 is 11.1 Å². The summed E-state index contributed by atoms with van der Waals surface area (Å²) in [7, 11) is 4.19. The Balaban J connectivity index is 2.25. The molecular formula is C12H21N3. The van der Waals surface area contributed by atoms with Crippen LogP contribution in [-0.4, -0.2) is 32.1 Å². The predicted molar refractivity (Wildman–Crippen MR) is 66.0 cm³/mol. The van der Waals surface area contributed by atoms with Crippen LogP contribution in [0.3, 0.4) is 0 Å². The first-order chi connectivity index (χ1) is 7.22. The molecule has 0 atom stereocenters. The van der Waals surface area contributed by atoms with E-state index in [-0.39, 0.29) is 0 Å². The lowest BCUT2D eigenvalue weighted by Gasteiger charge is -2.10. The van der Waals surface area contributed by atoms with Crippen molar-refractivity contribution in [1.82, 2.24) is 4.90 Å². The highest BCUT2D eigenvalue weighted by Crippen LogP contribution is 2.08. The molecule has 3 N–H and O–H groups in total. The summed E-state index contributed by atoms with van der Waals surface area (Å²) in [6.07, 6.45) is 1.16. The molecule has 0 bridgehead atoms. The summed E-state index contributed by atoms with van der Waals surface area (Å²) < 4.78 is 0. The van der Waals surface area contributed by atoms with Gasteiger partial charge in [0.25, 0.3) is 0 Å². The molecule has 0 saturated carbocycles. The standard InChI is InChI=1S/C12H21N3/c1-15(2)9-3-8-14-12-6-4-11(10-13)5-7-12/h4-7,14H,3,8-10,13H2,1-2H3. The molecule has 0 saturated heterocycles. The van der Waals surface area contributed by atoms with Crippen molar-refractivity contribution in [1.29, 1.82) is 0 Å². The van der Waals surface area contributed by atoms with Gasteiger partial charge in [0, 0.05) is 18.8 Å². The molecule has 1 aromatic rings. The highest BCUT2D eigenvalue weighted by Gasteiger charge is 1.93. The van der Waals surface area contributed by atoms with Gasteiger partial charge in [0.2, 0.25) is 0 Å². The minimum atomic E-state index is 0.612. The van der Waals surface area contributed by atoms with E-state index in [1.54, 1.807) is 0 Å². The third-order valence-electron chi connectivity index (χ3n) is 2.30. The normalized spacial score (nSPS) is 10.7. The van der Waals surface area contributed by atoms with Crippen LogP contribution in [0.2, 0.25) is 0 Å². The first kappa shape index (κ1) is 12.0. The molecule has 0 amide bonds. The lowest BCUT2D eigenvalue weighted by Crippen LogP contribution is -2.16. The van der Waals surface area contributed by atoms with E-state index in [0.29, 0.717) is 6.54 Å². The molecule has 0 aliphatic heterocycles. The fourth-order valence-electron chi connectivity index (χ4n) is 1.39. The molecular weight excluding hydrogens is 186 g/mol. The SMILES string of the molecule is CN(C)CCCNc1ccc(CN)cc1. The zero-order valence-corrected chi connectivity index (χ0v) is 9.66. The second-order valence-corrected chi connectivity index (χ2v) is 3.98. The van der Waals surface area contributed by atoms with Gasteiger partial charge in [-0.05, 0) is 44.8 Å². The van der Waals surface area contributed by atoms with Crippen LogP contribution in [0.4, 0.5) is 5.69 Å². The van der Waals surface area contributed by atoms with E-state index in [2.05, 4.69) is 48.6 Å². The Morgan fingerprint density at radius 1 is 1.20 bits per heavy atom. The monoisotopic (exact) mass is 207 g/mol. The highest BCUT2D eigenvalue weighted by atomic mass is 15.1. The largest absolute Gasteiger partial charge is 0.385 e. The Morgan fingerprint density at radius 2 is 1.87 bits per heavy atom. The van der Waals surface area contributed by atoms with E-state index in [1.807, 2.05) is 0 Å². The van der Waals surface area contributed by atoms with Gasteiger partial charge in [-0.1, -0.05) is 12.1 Å². The summed E-state index contributed by atoms with van der Waals surface area (Å²) in [5.74, 6) is 0. The van der Waals surface area contributed by atoms with Gasteiger partial charge in [-0.15, -0.1) is 0 Å². The van der Waals surface area contributed by atoms with E-state index in [4.69, 9.17) is 5.73 Å². The van der Waals surface area contributed by atoms with Crippen LogP contribution in [0.25, 0.3) is 0 Å². The van der Waals surface area contributed by atoms with Gasteiger partial charge in [0.05, 0.1) is 0 Å². The molecule has 15 heavy (non-hydrogen) atoms. The van der Waals surface area contributed by atoms with E-state index >= 15 is 0 Å². The van der Waals surface area contributed by atoms with Gasteiger partial charge < -0.3 is 16.0 Å². The molecule has 3 nitrogen and oxygen atoms in total. The first-order valence-corrected chi connectivity index (χ1v) is 5.40. The summed E-state index contributed by atoms with van der Waals surface area (Å²) in [5.41, 5.74) is 7.88. The third-order valence-corrected chi connectivity index (χ3v) is 2.30. The molecule has 3 heteroatoms. The number of anilines is 1. The maximum Gasteiger partial charge on any atom is 0.0340 e. The average molecular weight is 207 g/mol. The summed E-state index contributed by atoms with van der Waals surface area (Å²) in [6.45, 7) is 2.74. The van der Waals surface area contributed by atoms with Crippen molar-refractivity contribution < 1.29 is 0 Å². The van der Waals surface area contributed by atoms with Crippen molar-refractivity contribution in [3.63, 3.8) is 0 Å². The van der Waals surface area contributed by atoms with Crippen LogP contribution in [0, 0.1) is 0 Å². The Bertz CT molecular complexity index is 267. The fraction of sp³-hybridized carbons (Fsp3) is 0.500. The van der Waals surface area contributed by atoms with Crippen LogP contribution in [0.15, 0.2) is 24.3 Å². The zero-order chi connectivity index (χ0) is 11.1. The number of nitrogens with two attached hydrogens (primary N) is 1. The average Bonchev–Trinajstić information content (AvgIpc) is 2.25. The predicted octanol–water partition coefficient (Wildman–Crippen LogP) is 1.51. The van der Waals surface area contributed by atoms with Crippen LogP contribution in [0.1, 0.15) is 12.0 Å². The van der Waals surface area contributed by atoms with E-state index in [9.17, 15) is 0 Å². The summed E-state index contributed by atoms with van der Waals surface area (Å²) in [5, 5.41) is 3.38. The molecule has 0 radical (unpaired) electrons. The Morgan fingerprint density at radius 3 is 2.40 bits per heavy atom. The molecule has 84 valence electrons. The molecule has 0 spiro atoms. The molecule has 0 aliphatic rings. The maximum atomic E-state index is 5.53. The van der Waals surface area contributed by atoms with Crippen molar-refractivity contribution in [2.45, 2.75) is 13.0 Å². The molecule has 0 aliphatic carbocycles. The third kappa shape index (κ3) is 4.81. The topological polar surface area (TPSA) is 41.3 Å². The van der Waals surface area contributed by atoms with Crippen molar-refractivity contribution in [2.75, 3.05) is 32.5 Å². The quantitative estimate of drug-likeness (QED) is 0.695. The molecule has 0 heterocycles. The van der Waals surface area contributed by atoms with Crippen molar-refractivity contribution >= 4 is 5.69 Å². The van der Waals surface area contributed by atoms with E-state index in [0.717, 1.165) is 19.5 Å². The summed E-state index contributed by atoms with van der Waals surface area (Å²) >= 11 is 0. The lowest BCUT2D eigenvalue weighted by atomic mass is 10.2. The lowest BCUT2D eigenvalue weighted by molar-refractivity contribution is 0.405. The van der Waals surface area contributed by atoms with Crippen LogP contribution in [-0.2, 0) is 6.54 Å². The number of hydrogen-bond donors (Lipinski definition) is 2. The van der Waals surface area contributed by atoms with Crippen molar-refractivity contribution in [3.05, 3.63) is 29.8 Å². The van der Waals surface area contributed by atoms with Crippen molar-refractivity contribution in [2.24, 2.45) is 5.73 Å². The van der Waals surface area contributed by atoms with Gasteiger partial charge in [-0.2, -0.15) is 0 Å². The second kappa shape index (κ2) is 6.43. The van der Waals surface area contributed by atoms with Gasteiger partial charge in [-0.3, -0.25) is 0 Å². The number of benzene rings is 1. The maximum absolute atomic E-state index is 5.53. The number of nitrogens with zero attached hydrogens (tertiary/aromatic N) is 1. The Labute approximate surface area is 92.3 Å². The zero-order valence-electron chi connectivity index (χ0n) is 9.66. The molecule has 0 aromatic heterocycles. The van der Waals surface area contributed by atoms with Crippen molar-refractivity contribution in [3.8, 4) is 0 Å². The minimum Gasteiger partial charge on any atom is -0.385 e. The summed E-state index contributed by atoms with van der Waals surface area (Å²) in [4.78, 5) is 2.19. The second-order valence-electron chi connectivity index (χ2n) is 3.98. The van der Waals surface area contributed by atoms with E-state index in [1.165, 1.54) is 11.3 Å².